The van der Waals surface area contributed by atoms with Crippen LogP contribution < -0.4 is 5.32 Å². The number of rotatable bonds is 3. The van der Waals surface area contributed by atoms with Gasteiger partial charge in [-0.3, -0.25) is 14.6 Å². The summed E-state index contributed by atoms with van der Waals surface area (Å²) in [6.07, 6.45) is 8.17. The van der Waals surface area contributed by atoms with Gasteiger partial charge in [-0.25, -0.2) is 4.98 Å². The van der Waals surface area contributed by atoms with E-state index < -0.39 is 0 Å². The molecule has 136 valence electrons. The quantitative estimate of drug-likeness (QED) is 0.915. The van der Waals surface area contributed by atoms with Gasteiger partial charge in [0.2, 0.25) is 5.91 Å². The summed E-state index contributed by atoms with van der Waals surface area (Å²) >= 11 is 0. The van der Waals surface area contributed by atoms with Crippen LogP contribution in [0.3, 0.4) is 0 Å². The lowest BCUT2D eigenvalue weighted by Gasteiger charge is -2.29. The highest BCUT2D eigenvalue weighted by Gasteiger charge is 2.31. The molecule has 1 N–H and O–H groups in total. The molecule has 7 nitrogen and oxygen atoms in total. The van der Waals surface area contributed by atoms with Crippen LogP contribution >= 0.6 is 0 Å². The van der Waals surface area contributed by atoms with E-state index in [0.29, 0.717) is 30.2 Å². The Kier molecular flexibility index (Phi) is 4.69. The van der Waals surface area contributed by atoms with Gasteiger partial charge in [0.15, 0.2) is 5.82 Å². The Balaban J connectivity index is 1.61. The van der Waals surface area contributed by atoms with Crippen molar-refractivity contribution in [2.75, 3.05) is 19.6 Å². The molecule has 2 aromatic rings. The monoisotopic (exact) mass is 353 g/mol. The lowest BCUT2D eigenvalue weighted by Crippen LogP contribution is -2.42. The molecule has 4 heterocycles. The molecule has 7 heteroatoms. The fourth-order valence-corrected chi connectivity index (χ4v) is 3.79. The lowest BCUT2D eigenvalue weighted by atomic mass is 10.1. The van der Waals surface area contributed by atoms with Crippen molar-refractivity contribution in [3.63, 3.8) is 0 Å². The smallest absolute Gasteiger partial charge is 0.269 e. The Bertz CT molecular complexity index is 794. The van der Waals surface area contributed by atoms with E-state index in [-0.39, 0.29) is 17.9 Å². The first-order valence-electron chi connectivity index (χ1n) is 9.28. The van der Waals surface area contributed by atoms with Crippen LogP contribution in [0.1, 0.15) is 48.6 Å². The number of nitrogens with one attached hydrogen (secondary N) is 1. The summed E-state index contributed by atoms with van der Waals surface area (Å²) in [6.45, 7) is 2.10. The van der Waals surface area contributed by atoms with Crippen molar-refractivity contribution in [3.05, 3.63) is 36.3 Å². The van der Waals surface area contributed by atoms with E-state index in [1.807, 2.05) is 27.7 Å². The summed E-state index contributed by atoms with van der Waals surface area (Å²) in [5, 5.41) is 2.88. The Morgan fingerprint density at radius 2 is 1.96 bits per heavy atom. The van der Waals surface area contributed by atoms with Gasteiger partial charge >= 0.3 is 0 Å². The summed E-state index contributed by atoms with van der Waals surface area (Å²) < 4.78 is 1.89. The maximum absolute atomic E-state index is 12.8. The maximum Gasteiger partial charge on any atom is 0.269 e. The van der Waals surface area contributed by atoms with Gasteiger partial charge in [-0.05, 0) is 25.0 Å². The van der Waals surface area contributed by atoms with E-state index in [4.69, 9.17) is 0 Å². The van der Waals surface area contributed by atoms with Crippen LogP contribution in [0.4, 0.5) is 0 Å². The number of hydrogen-bond acceptors (Lipinski definition) is 4. The van der Waals surface area contributed by atoms with Gasteiger partial charge in [-0.15, -0.1) is 0 Å². The van der Waals surface area contributed by atoms with E-state index in [1.165, 1.54) is 12.8 Å². The molecule has 0 saturated carbocycles. The second-order valence-electron chi connectivity index (χ2n) is 6.91. The van der Waals surface area contributed by atoms with Crippen molar-refractivity contribution in [3.8, 4) is 11.5 Å². The van der Waals surface area contributed by atoms with Gasteiger partial charge in [0.05, 0.1) is 12.2 Å². The van der Waals surface area contributed by atoms with Gasteiger partial charge in [0, 0.05) is 32.3 Å². The molecule has 1 saturated heterocycles. The Morgan fingerprint density at radius 3 is 2.69 bits per heavy atom. The minimum atomic E-state index is -0.154. The van der Waals surface area contributed by atoms with Gasteiger partial charge in [0.25, 0.3) is 5.91 Å². The van der Waals surface area contributed by atoms with Crippen molar-refractivity contribution in [1.82, 2.24) is 24.8 Å². The SMILES string of the molecule is O=C1NCC(CC(=O)N2CCCCCC2)n2c1cnc2-c1ccccn1. The molecule has 1 unspecified atom stereocenters. The third-order valence-corrected chi connectivity index (χ3v) is 5.16. The minimum Gasteiger partial charge on any atom is -0.349 e. The number of nitrogens with zero attached hydrogens (tertiary/aromatic N) is 4. The highest BCUT2D eigenvalue weighted by molar-refractivity contribution is 5.94. The largest absolute Gasteiger partial charge is 0.349 e. The van der Waals surface area contributed by atoms with Crippen LogP contribution in [0.15, 0.2) is 30.6 Å². The molecular formula is C19H23N5O2. The number of aromatic nitrogens is 3. The standard InChI is InChI=1S/C19H23N5O2/c25-17(23-9-5-1-2-6-10-23)11-14-12-22-19(26)16-13-21-18(24(14)16)15-7-3-4-8-20-15/h3-4,7-8,13-14H,1-2,5-6,9-12H2,(H,22,26). The third-order valence-electron chi connectivity index (χ3n) is 5.16. The van der Waals surface area contributed by atoms with Gasteiger partial charge in [-0.2, -0.15) is 0 Å². The Labute approximate surface area is 152 Å². The summed E-state index contributed by atoms with van der Waals surface area (Å²) in [5.74, 6) is 0.641. The summed E-state index contributed by atoms with van der Waals surface area (Å²) in [6, 6.07) is 5.47. The van der Waals surface area contributed by atoms with Crippen molar-refractivity contribution in [2.45, 2.75) is 38.1 Å². The van der Waals surface area contributed by atoms with E-state index in [9.17, 15) is 9.59 Å². The number of imidazole rings is 1. The number of fused-ring (bicyclic) bond motifs is 1. The molecule has 0 bridgehead atoms. The first kappa shape index (κ1) is 16.8. The average Bonchev–Trinajstić information content (AvgIpc) is 2.94. The van der Waals surface area contributed by atoms with Crippen LogP contribution in [-0.2, 0) is 4.79 Å². The molecule has 0 spiro atoms. The molecular weight excluding hydrogens is 330 g/mol. The first-order chi connectivity index (χ1) is 12.7. The fraction of sp³-hybridized carbons (Fsp3) is 0.474. The van der Waals surface area contributed by atoms with Gasteiger partial charge < -0.3 is 14.8 Å². The summed E-state index contributed by atoms with van der Waals surface area (Å²) in [4.78, 5) is 35.8. The highest BCUT2D eigenvalue weighted by Crippen LogP contribution is 2.27. The van der Waals surface area contributed by atoms with E-state index in [0.717, 1.165) is 25.9 Å². The number of carbonyl (C=O) groups is 2. The zero-order chi connectivity index (χ0) is 17.9. The molecule has 0 aliphatic carbocycles. The van der Waals surface area contributed by atoms with Gasteiger partial charge in [0.1, 0.15) is 11.4 Å². The number of amides is 2. The second kappa shape index (κ2) is 7.27. The molecule has 2 amide bonds. The number of carbonyl (C=O) groups excluding carboxylic acids is 2. The highest BCUT2D eigenvalue weighted by atomic mass is 16.2. The van der Waals surface area contributed by atoms with Crippen molar-refractivity contribution < 1.29 is 9.59 Å². The summed E-state index contributed by atoms with van der Waals surface area (Å²) in [7, 11) is 0. The molecule has 1 atom stereocenters. The molecule has 2 aliphatic heterocycles. The predicted octanol–water partition coefficient (Wildman–Crippen LogP) is 2.02. The van der Waals surface area contributed by atoms with Crippen molar-refractivity contribution in [2.24, 2.45) is 0 Å². The predicted molar refractivity (Wildman–Crippen MR) is 96.5 cm³/mol. The molecule has 4 rings (SSSR count). The number of hydrogen-bond donors (Lipinski definition) is 1. The molecule has 2 aromatic heterocycles. The maximum atomic E-state index is 12.8. The van der Waals surface area contributed by atoms with Crippen LogP contribution in [0.2, 0.25) is 0 Å². The lowest BCUT2D eigenvalue weighted by molar-refractivity contribution is -0.132. The second-order valence-corrected chi connectivity index (χ2v) is 6.91. The topological polar surface area (TPSA) is 80.1 Å². The number of likely N-dealkylation sites (tertiary alicyclic amines) is 1. The zero-order valence-electron chi connectivity index (χ0n) is 14.7. The van der Waals surface area contributed by atoms with Crippen molar-refractivity contribution >= 4 is 11.8 Å². The van der Waals surface area contributed by atoms with E-state index in [2.05, 4.69) is 15.3 Å². The zero-order valence-corrected chi connectivity index (χ0v) is 14.7. The van der Waals surface area contributed by atoms with Crippen LogP contribution in [0.25, 0.3) is 11.5 Å². The molecule has 2 aliphatic rings. The molecule has 0 aromatic carbocycles. The third kappa shape index (κ3) is 3.21. The van der Waals surface area contributed by atoms with Crippen LogP contribution in [0.5, 0.6) is 0 Å². The first-order valence-corrected chi connectivity index (χ1v) is 9.28. The molecule has 0 radical (unpaired) electrons. The normalized spacial score (nSPS) is 20.2. The number of pyridine rings is 1. The molecule has 1 fully saturated rings. The van der Waals surface area contributed by atoms with Crippen molar-refractivity contribution in [1.29, 1.82) is 0 Å². The Morgan fingerprint density at radius 1 is 1.15 bits per heavy atom. The van der Waals surface area contributed by atoms with E-state index in [1.54, 1.807) is 12.4 Å². The summed E-state index contributed by atoms with van der Waals surface area (Å²) in [5.41, 5.74) is 1.20. The van der Waals surface area contributed by atoms with Crippen LogP contribution in [-0.4, -0.2) is 50.9 Å². The average molecular weight is 353 g/mol. The molecule has 26 heavy (non-hydrogen) atoms. The van der Waals surface area contributed by atoms with E-state index >= 15 is 0 Å². The minimum absolute atomic E-state index is 0.141. The van der Waals surface area contributed by atoms with Crippen LogP contribution in [0, 0.1) is 0 Å². The Hall–Kier alpha value is -2.70. The van der Waals surface area contributed by atoms with Gasteiger partial charge in [-0.1, -0.05) is 18.9 Å². The fourth-order valence-electron chi connectivity index (χ4n) is 3.79.